The number of hydrogen-bond donors (Lipinski definition) is 3. The first-order chi connectivity index (χ1) is 13.8. The molecule has 1 aromatic rings. The van der Waals surface area contributed by atoms with Crippen LogP contribution in [-0.4, -0.2) is 72.5 Å². The van der Waals surface area contributed by atoms with Crippen LogP contribution in [0.5, 0.6) is 0 Å². The lowest BCUT2D eigenvalue weighted by Gasteiger charge is -2.16. The lowest BCUT2D eigenvalue weighted by molar-refractivity contribution is -0.137. The van der Waals surface area contributed by atoms with Gasteiger partial charge in [0.25, 0.3) is 0 Å². The predicted molar refractivity (Wildman–Crippen MR) is 103 cm³/mol. The molecule has 0 radical (unpaired) electrons. The van der Waals surface area contributed by atoms with E-state index in [1.165, 1.54) is 18.4 Å². The fourth-order valence-corrected chi connectivity index (χ4v) is 1.60. The number of carboxylic acids is 1. The molecule has 29 heavy (non-hydrogen) atoms. The third-order valence-electron chi connectivity index (χ3n) is 2.94. The molecular weight excluding hydrogens is 384 g/mol. The molecular formula is C18H28N4O7. The Labute approximate surface area is 169 Å². The topological polar surface area (TPSA) is 147 Å². The van der Waals surface area contributed by atoms with Crippen molar-refractivity contribution in [3.8, 4) is 0 Å². The maximum atomic E-state index is 11.7. The van der Waals surface area contributed by atoms with Crippen LogP contribution in [0.4, 0.5) is 9.59 Å². The second-order valence-electron chi connectivity index (χ2n) is 5.68. The van der Waals surface area contributed by atoms with Crippen molar-refractivity contribution in [3.05, 3.63) is 30.1 Å². The van der Waals surface area contributed by atoms with E-state index in [2.05, 4.69) is 28.9 Å². The molecule has 0 saturated carbocycles. The van der Waals surface area contributed by atoms with E-state index in [1.807, 2.05) is 17.4 Å². The van der Waals surface area contributed by atoms with Crippen LogP contribution in [0, 0.1) is 0 Å². The summed E-state index contributed by atoms with van der Waals surface area (Å²) in [5.41, 5.74) is 0.823. The maximum absolute atomic E-state index is 11.7. The van der Waals surface area contributed by atoms with Crippen LogP contribution < -0.4 is 10.6 Å². The highest BCUT2D eigenvalue weighted by Crippen LogP contribution is 1.98. The minimum absolute atomic E-state index is 0.367. The molecule has 0 saturated heterocycles. The van der Waals surface area contributed by atoms with Crippen molar-refractivity contribution in [3.63, 3.8) is 0 Å². The number of amides is 3. The zero-order valence-electron chi connectivity index (χ0n) is 16.8. The van der Waals surface area contributed by atoms with Gasteiger partial charge in [-0.1, -0.05) is 26.3 Å². The Bertz CT molecular complexity index is 640. The average Bonchev–Trinajstić information content (AvgIpc) is 2.70. The van der Waals surface area contributed by atoms with E-state index in [0.29, 0.717) is 13.0 Å². The Hall–Kier alpha value is -3.37. The smallest absolute Gasteiger partial charge is 0.412 e. The quantitative estimate of drug-likeness (QED) is 0.509. The summed E-state index contributed by atoms with van der Waals surface area (Å²) in [6.45, 7) is 2.96. The molecule has 0 aliphatic rings. The highest BCUT2D eigenvalue weighted by molar-refractivity contribution is 5.85. The monoisotopic (exact) mass is 412 g/mol. The molecule has 162 valence electrons. The zero-order chi connectivity index (χ0) is 22.1. The van der Waals surface area contributed by atoms with E-state index in [-0.39, 0.29) is 0 Å². The summed E-state index contributed by atoms with van der Waals surface area (Å²) in [5.74, 6) is -1.91. The van der Waals surface area contributed by atoms with E-state index in [0.717, 1.165) is 5.69 Å². The fourth-order valence-electron chi connectivity index (χ4n) is 1.60. The first-order valence-corrected chi connectivity index (χ1v) is 8.97. The molecule has 0 atom stereocenters. The molecule has 1 heterocycles. The number of carbonyl (C=O) groups excluding carboxylic acids is 3. The number of hydrogen-bond acceptors (Lipinski definition) is 7. The van der Waals surface area contributed by atoms with Gasteiger partial charge in [-0.3, -0.25) is 14.6 Å². The number of aromatic nitrogens is 1. The molecule has 1 rings (SSSR count). The van der Waals surface area contributed by atoms with Gasteiger partial charge in [-0.05, 0) is 12.1 Å². The summed E-state index contributed by atoms with van der Waals surface area (Å²) < 4.78 is 9.33. The van der Waals surface area contributed by atoms with Gasteiger partial charge < -0.3 is 30.1 Å². The van der Waals surface area contributed by atoms with Crippen LogP contribution in [0.1, 0.15) is 26.0 Å². The van der Waals surface area contributed by atoms with E-state index < -0.39 is 43.9 Å². The summed E-state index contributed by atoms with van der Waals surface area (Å²) >= 11 is 0. The number of alkyl carbamates (subject to hydrolysis) is 1. The van der Waals surface area contributed by atoms with Gasteiger partial charge in [-0.15, -0.1) is 0 Å². The highest BCUT2D eigenvalue weighted by atomic mass is 16.7. The largest absolute Gasteiger partial charge is 0.480 e. The van der Waals surface area contributed by atoms with Gasteiger partial charge in [-0.25, -0.2) is 9.59 Å². The van der Waals surface area contributed by atoms with E-state index >= 15 is 0 Å². The van der Waals surface area contributed by atoms with E-state index in [4.69, 9.17) is 9.84 Å². The van der Waals surface area contributed by atoms with Gasteiger partial charge in [0.2, 0.25) is 12.7 Å². The average molecular weight is 412 g/mol. The standard InChI is InChI=1S/C15H20N4O7.C3H8/c1-19(7-5-11-4-2-3-6-16-11)15(24)26-10-25-14(23)18-8-12(20)17-9-13(21)22;1-3-2/h2-4,6H,5,7-10H2,1H3,(H,17,20)(H,18,23)(H,21,22);3H2,1-2H3. The van der Waals surface area contributed by atoms with E-state index in [1.54, 1.807) is 12.3 Å². The number of nitrogens with zero attached hydrogens (tertiary/aromatic N) is 2. The van der Waals surface area contributed by atoms with Crippen LogP contribution >= 0.6 is 0 Å². The van der Waals surface area contributed by atoms with Crippen molar-refractivity contribution in [2.75, 3.05) is 33.5 Å². The molecule has 11 heteroatoms. The number of ether oxygens (including phenoxy) is 2. The predicted octanol–water partition coefficient (Wildman–Crippen LogP) is 0.993. The Balaban J connectivity index is 0.00000245. The second kappa shape index (κ2) is 15.7. The lowest BCUT2D eigenvalue weighted by Crippen LogP contribution is -2.39. The van der Waals surface area contributed by atoms with Crippen molar-refractivity contribution in [1.82, 2.24) is 20.5 Å². The Morgan fingerprint density at radius 2 is 1.79 bits per heavy atom. The summed E-state index contributed by atoms with van der Waals surface area (Å²) in [5, 5.41) is 12.5. The molecule has 3 amide bonds. The van der Waals surface area contributed by atoms with Crippen LogP contribution in [0.2, 0.25) is 0 Å². The summed E-state index contributed by atoms with van der Waals surface area (Å²) in [7, 11) is 1.53. The third kappa shape index (κ3) is 14.4. The molecule has 11 nitrogen and oxygen atoms in total. The Kier molecular flexibility index (Phi) is 13.8. The number of likely N-dealkylation sites (N-methyl/N-ethyl adjacent to an activating group) is 1. The van der Waals surface area contributed by atoms with Crippen LogP contribution in [0.15, 0.2) is 24.4 Å². The highest BCUT2D eigenvalue weighted by Gasteiger charge is 2.12. The minimum atomic E-state index is -1.21. The molecule has 0 bridgehead atoms. The molecule has 0 unspecified atom stereocenters. The van der Waals surface area contributed by atoms with Gasteiger partial charge in [-0.2, -0.15) is 0 Å². The van der Waals surface area contributed by atoms with Crippen LogP contribution in [0.25, 0.3) is 0 Å². The zero-order valence-corrected chi connectivity index (χ0v) is 16.8. The number of nitrogens with one attached hydrogen (secondary N) is 2. The van der Waals surface area contributed by atoms with Gasteiger partial charge in [0.05, 0.1) is 0 Å². The number of pyridine rings is 1. The molecule has 0 spiro atoms. The van der Waals surface area contributed by atoms with Gasteiger partial charge in [0, 0.05) is 31.9 Å². The normalized spacial score (nSPS) is 9.34. The molecule has 3 N–H and O–H groups in total. The molecule has 0 aliphatic heterocycles. The summed E-state index contributed by atoms with van der Waals surface area (Å²) in [4.78, 5) is 49.9. The maximum Gasteiger partial charge on any atom is 0.412 e. The van der Waals surface area contributed by atoms with Gasteiger partial charge in [0.15, 0.2) is 0 Å². The van der Waals surface area contributed by atoms with Crippen molar-refractivity contribution < 1.29 is 33.8 Å². The number of rotatable bonds is 9. The summed E-state index contributed by atoms with van der Waals surface area (Å²) in [6.07, 6.45) is 1.77. The van der Waals surface area contributed by atoms with Crippen molar-refractivity contribution in [2.45, 2.75) is 26.7 Å². The number of carboxylic acid groups (broad SMARTS) is 1. The second-order valence-corrected chi connectivity index (χ2v) is 5.68. The van der Waals surface area contributed by atoms with Crippen molar-refractivity contribution >= 4 is 24.1 Å². The Morgan fingerprint density at radius 3 is 2.38 bits per heavy atom. The lowest BCUT2D eigenvalue weighted by atomic mass is 10.2. The minimum Gasteiger partial charge on any atom is -0.480 e. The van der Waals surface area contributed by atoms with Crippen molar-refractivity contribution in [2.24, 2.45) is 0 Å². The first kappa shape index (κ1) is 25.6. The molecule has 0 aromatic carbocycles. The summed E-state index contributed by atoms with van der Waals surface area (Å²) in [6, 6.07) is 5.47. The molecule has 1 aromatic heterocycles. The van der Waals surface area contributed by atoms with Gasteiger partial charge >= 0.3 is 18.2 Å². The Morgan fingerprint density at radius 1 is 1.10 bits per heavy atom. The molecule has 0 fully saturated rings. The van der Waals surface area contributed by atoms with Crippen molar-refractivity contribution in [1.29, 1.82) is 0 Å². The number of carbonyl (C=O) groups is 4. The van der Waals surface area contributed by atoms with Gasteiger partial charge in [0.1, 0.15) is 13.1 Å². The number of aliphatic carboxylic acids is 1. The van der Waals surface area contributed by atoms with Crippen LogP contribution in [0.3, 0.4) is 0 Å². The molecule has 0 aliphatic carbocycles. The van der Waals surface area contributed by atoms with E-state index in [9.17, 15) is 19.2 Å². The fraction of sp³-hybridized carbons (Fsp3) is 0.500. The first-order valence-electron chi connectivity index (χ1n) is 8.97. The van der Waals surface area contributed by atoms with Crippen LogP contribution in [-0.2, 0) is 25.5 Å². The SMILES string of the molecule is CCC.CN(CCc1ccccn1)C(=O)OCOC(=O)NCC(=O)NCC(=O)O. The third-order valence-corrected chi connectivity index (χ3v) is 2.94.